The third-order valence-electron chi connectivity index (χ3n) is 6.00. The summed E-state index contributed by atoms with van der Waals surface area (Å²) in [5.74, 6) is 0.647. The number of fused-ring (bicyclic) bond motifs is 3. The van der Waals surface area contributed by atoms with Crippen molar-refractivity contribution in [3.05, 3.63) is 42.2 Å². The molecule has 0 spiro atoms. The third-order valence-corrected chi connectivity index (χ3v) is 6.00. The van der Waals surface area contributed by atoms with Gasteiger partial charge in [-0.15, -0.1) is 5.10 Å². The molecule has 3 saturated heterocycles. The number of amides is 1. The molecule has 4 heterocycles. The molecule has 0 radical (unpaired) electrons. The molecule has 3 N–H and O–H groups in total. The fourth-order valence-electron chi connectivity index (χ4n) is 4.47. The van der Waals surface area contributed by atoms with Gasteiger partial charge in [-0.2, -0.15) is 0 Å². The Kier molecular flexibility index (Phi) is 4.74. The van der Waals surface area contributed by atoms with Crippen LogP contribution in [0.25, 0.3) is 0 Å². The number of para-hydroxylation sites is 1. The summed E-state index contributed by atoms with van der Waals surface area (Å²) in [6.45, 7) is 6.20. The lowest BCUT2D eigenvalue weighted by atomic mass is 9.75. The molecule has 3 aliphatic heterocycles. The average Bonchev–Trinajstić information content (AvgIpc) is 3.12. The number of piperidine rings is 3. The molecular formula is C20H28N5O2+. The van der Waals surface area contributed by atoms with Crippen molar-refractivity contribution in [1.29, 1.82) is 0 Å². The Morgan fingerprint density at radius 1 is 1.37 bits per heavy atom. The summed E-state index contributed by atoms with van der Waals surface area (Å²) in [4.78, 5) is 14.2. The fourth-order valence-corrected chi connectivity index (χ4v) is 4.47. The number of hydrogen-bond acceptors (Lipinski definition) is 4. The van der Waals surface area contributed by atoms with E-state index in [9.17, 15) is 9.90 Å². The molecular weight excluding hydrogens is 342 g/mol. The van der Waals surface area contributed by atoms with Gasteiger partial charge in [0.1, 0.15) is 17.3 Å². The summed E-state index contributed by atoms with van der Waals surface area (Å²) in [5.41, 5.74) is 0.484. The molecule has 3 aliphatic rings. The average molecular weight is 370 g/mol. The van der Waals surface area contributed by atoms with Crippen molar-refractivity contribution in [2.45, 2.75) is 44.9 Å². The van der Waals surface area contributed by atoms with E-state index in [2.05, 4.69) is 15.6 Å². The van der Waals surface area contributed by atoms with Crippen LogP contribution in [0, 0.1) is 11.8 Å². The molecule has 1 aromatic carbocycles. The van der Waals surface area contributed by atoms with E-state index in [4.69, 9.17) is 0 Å². The number of carbonyl (C=O) groups is 1. The molecule has 3 fully saturated rings. The first-order valence-corrected chi connectivity index (χ1v) is 9.73. The van der Waals surface area contributed by atoms with Gasteiger partial charge in [0.2, 0.25) is 5.91 Å². The van der Waals surface area contributed by atoms with Crippen molar-refractivity contribution in [2.75, 3.05) is 18.4 Å². The summed E-state index contributed by atoms with van der Waals surface area (Å²) in [7, 11) is 0. The molecule has 4 atom stereocenters. The van der Waals surface area contributed by atoms with E-state index >= 15 is 0 Å². The van der Waals surface area contributed by atoms with Gasteiger partial charge in [0.05, 0.1) is 31.7 Å². The largest absolute Gasteiger partial charge is 0.384 e. The minimum Gasteiger partial charge on any atom is -0.384 e. The zero-order valence-corrected chi connectivity index (χ0v) is 15.9. The second kappa shape index (κ2) is 7.05. The Hall–Kier alpha value is -2.25. The predicted octanol–water partition coefficient (Wildman–Crippen LogP) is 0.438. The van der Waals surface area contributed by atoms with Crippen LogP contribution in [0.2, 0.25) is 0 Å². The molecule has 27 heavy (non-hydrogen) atoms. The van der Waals surface area contributed by atoms with Crippen LogP contribution in [0.5, 0.6) is 0 Å². The van der Waals surface area contributed by atoms with Crippen molar-refractivity contribution >= 4 is 11.6 Å². The number of nitrogens with one attached hydrogen (secondary N) is 2. The molecule has 7 heteroatoms. The quantitative estimate of drug-likeness (QED) is 0.713. The van der Waals surface area contributed by atoms with Crippen LogP contribution in [-0.4, -0.2) is 45.1 Å². The maximum Gasteiger partial charge on any atom is 0.233 e. The highest BCUT2D eigenvalue weighted by Crippen LogP contribution is 2.28. The summed E-state index contributed by atoms with van der Waals surface area (Å²) in [5, 5.41) is 21.4. The number of rotatable bonds is 5. The number of anilines is 1. The Morgan fingerprint density at radius 2 is 2.15 bits per heavy atom. The number of quaternary nitrogens is 1. The van der Waals surface area contributed by atoms with Crippen molar-refractivity contribution in [1.82, 2.24) is 15.0 Å². The van der Waals surface area contributed by atoms with E-state index < -0.39 is 5.60 Å². The first kappa shape index (κ1) is 18.1. The van der Waals surface area contributed by atoms with E-state index in [-0.39, 0.29) is 11.8 Å². The number of aromatic nitrogens is 3. The minimum absolute atomic E-state index is 0.0767. The van der Waals surface area contributed by atoms with Crippen LogP contribution < -0.4 is 10.2 Å². The normalized spacial score (nSPS) is 27.5. The first-order valence-electron chi connectivity index (χ1n) is 9.73. The Balaban J connectivity index is 1.39. The molecule has 0 saturated carbocycles. The standard InChI is InChI=1S/C20H27N5O2/c1-20(2,27)18-13-25(23-22-18)11-16-10-14-8-9-24(16)12-17(14)19(26)21-15-6-4-3-5-7-15/h3-7,13-14,16-17,27H,8-12H2,1-2H3,(H,21,26)/p+1/t14-,16-,17+/m1/s1. The second-order valence-electron chi connectivity index (χ2n) is 8.44. The van der Waals surface area contributed by atoms with Crippen LogP contribution in [0.15, 0.2) is 36.5 Å². The summed E-state index contributed by atoms with van der Waals surface area (Å²) in [6.07, 6.45) is 3.97. The SMILES string of the molecule is CC(C)(O)c1cn(C[C@H]2C[C@H]3CC[NH+]2C[C@@H]3C(=O)Nc2ccccc2)nn1. The van der Waals surface area contributed by atoms with E-state index in [0.717, 1.165) is 38.2 Å². The maximum atomic E-state index is 12.8. The fraction of sp³-hybridized carbons (Fsp3) is 0.550. The zero-order valence-electron chi connectivity index (χ0n) is 15.9. The van der Waals surface area contributed by atoms with Gasteiger partial charge in [-0.1, -0.05) is 23.4 Å². The zero-order chi connectivity index (χ0) is 19.0. The number of hydrogen-bond donors (Lipinski definition) is 3. The van der Waals surface area contributed by atoms with Gasteiger partial charge < -0.3 is 15.3 Å². The van der Waals surface area contributed by atoms with Gasteiger partial charge in [-0.25, -0.2) is 4.68 Å². The second-order valence-corrected chi connectivity index (χ2v) is 8.44. The number of nitrogens with zero attached hydrogens (tertiary/aromatic N) is 3. The summed E-state index contributed by atoms with van der Waals surface area (Å²) in [6, 6.07) is 10.1. The van der Waals surface area contributed by atoms with Crippen LogP contribution in [0.4, 0.5) is 5.69 Å². The number of benzene rings is 1. The van der Waals surface area contributed by atoms with Gasteiger partial charge in [0.15, 0.2) is 0 Å². The van der Waals surface area contributed by atoms with Crippen molar-refractivity contribution < 1.29 is 14.8 Å². The molecule has 7 nitrogen and oxygen atoms in total. The molecule has 1 unspecified atom stereocenters. The van der Waals surface area contributed by atoms with E-state index in [1.807, 2.05) is 41.2 Å². The maximum absolute atomic E-state index is 12.8. The monoisotopic (exact) mass is 370 g/mol. The highest BCUT2D eigenvalue weighted by Gasteiger charge is 2.46. The molecule has 1 aromatic heterocycles. The topological polar surface area (TPSA) is 84.5 Å². The smallest absolute Gasteiger partial charge is 0.233 e. The highest BCUT2D eigenvalue weighted by molar-refractivity contribution is 5.92. The van der Waals surface area contributed by atoms with Crippen LogP contribution >= 0.6 is 0 Å². The Morgan fingerprint density at radius 3 is 2.78 bits per heavy atom. The molecule has 2 aromatic rings. The van der Waals surface area contributed by atoms with Crippen LogP contribution in [0.1, 0.15) is 32.4 Å². The van der Waals surface area contributed by atoms with E-state index in [0.29, 0.717) is 17.7 Å². The predicted molar refractivity (Wildman–Crippen MR) is 101 cm³/mol. The van der Waals surface area contributed by atoms with Crippen LogP contribution in [-0.2, 0) is 16.9 Å². The Bertz CT molecular complexity index is 798. The van der Waals surface area contributed by atoms with Gasteiger partial charge in [0, 0.05) is 18.5 Å². The van der Waals surface area contributed by atoms with Gasteiger partial charge in [-0.3, -0.25) is 4.79 Å². The van der Waals surface area contributed by atoms with Crippen molar-refractivity contribution in [2.24, 2.45) is 11.8 Å². The lowest BCUT2D eigenvalue weighted by Crippen LogP contribution is -3.20. The van der Waals surface area contributed by atoms with Gasteiger partial charge in [0.25, 0.3) is 0 Å². The van der Waals surface area contributed by atoms with Crippen molar-refractivity contribution in [3.8, 4) is 0 Å². The lowest BCUT2D eigenvalue weighted by molar-refractivity contribution is -0.945. The summed E-state index contributed by atoms with van der Waals surface area (Å²) >= 11 is 0. The van der Waals surface area contributed by atoms with E-state index in [1.165, 1.54) is 4.90 Å². The number of carbonyl (C=O) groups excluding carboxylic acids is 1. The van der Waals surface area contributed by atoms with Crippen molar-refractivity contribution in [3.63, 3.8) is 0 Å². The highest BCUT2D eigenvalue weighted by atomic mass is 16.3. The molecule has 1 amide bonds. The first-order chi connectivity index (χ1) is 12.9. The number of aliphatic hydroxyl groups is 1. The molecule has 0 aliphatic carbocycles. The molecule has 2 bridgehead atoms. The molecule has 5 rings (SSSR count). The summed E-state index contributed by atoms with van der Waals surface area (Å²) < 4.78 is 1.84. The van der Waals surface area contributed by atoms with E-state index in [1.54, 1.807) is 13.8 Å². The Labute approximate surface area is 159 Å². The third kappa shape index (κ3) is 3.89. The van der Waals surface area contributed by atoms with Crippen LogP contribution in [0.3, 0.4) is 0 Å². The molecule has 144 valence electrons. The lowest BCUT2D eigenvalue weighted by Gasteiger charge is -2.46. The van der Waals surface area contributed by atoms with Gasteiger partial charge >= 0.3 is 0 Å². The van der Waals surface area contributed by atoms with Gasteiger partial charge in [-0.05, 0) is 31.9 Å². The minimum atomic E-state index is -0.975.